The molecule has 8 heteroatoms. The number of anilines is 1. The standard InChI is InChI=1S/C16H16N8/c1-4-12-13(9-19-14(12)17-5-1)11-3-2-7-23(10-11)15-16-20-21-22-24(16)8-6-18-15/h1,4-6,8-9,11H,2-3,7,10H2,(H,17,19). The van der Waals surface area contributed by atoms with Crippen molar-refractivity contribution in [3.8, 4) is 0 Å². The van der Waals surface area contributed by atoms with Crippen LogP contribution in [-0.4, -0.2) is 48.1 Å². The maximum Gasteiger partial charge on any atom is 0.221 e. The quantitative estimate of drug-likeness (QED) is 0.606. The van der Waals surface area contributed by atoms with Crippen molar-refractivity contribution in [2.45, 2.75) is 18.8 Å². The number of H-pyrrole nitrogens is 1. The molecule has 0 spiro atoms. The fourth-order valence-corrected chi connectivity index (χ4v) is 3.63. The van der Waals surface area contributed by atoms with E-state index in [1.807, 2.05) is 12.3 Å². The lowest BCUT2D eigenvalue weighted by atomic mass is 9.91. The molecule has 0 bridgehead atoms. The van der Waals surface area contributed by atoms with E-state index in [1.165, 1.54) is 10.9 Å². The zero-order valence-electron chi connectivity index (χ0n) is 13.0. The van der Waals surface area contributed by atoms with E-state index < -0.39 is 0 Å². The third kappa shape index (κ3) is 2.03. The van der Waals surface area contributed by atoms with Gasteiger partial charge in [-0.3, -0.25) is 0 Å². The summed E-state index contributed by atoms with van der Waals surface area (Å²) in [5, 5.41) is 13.0. The molecule has 1 N–H and O–H groups in total. The minimum Gasteiger partial charge on any atom is -0.353 e. The van der Waals surface area contributed by atoms with Gasteiger partial charge in [-0.15, -0.1) is 5.10 Å². The Bertz CT molecular complexity index is 1000. The van der Waals surface area contributed by atoms with Crippen LogP contribution in [0.5, 0.6) is 0 Å². The van der Waals surface area contributed by atoms with Gasteiger partial charge in [-0.05, 0) is 41.0 Å². The lowest BCUT2D eigenvalue weighted by molar-refractivity contribution is 0.509. The highest BCUT2D eigenvalue weighted by Crippen LogP contribution is 2.33. The van der Waals surface area contributed by atoms with E-state index in [0.29, 0.717) is 11.6 Å². The third-order valence-electron chi connectivity index (χ3n) is 4.74. The topological polar surface area (TPSA) is 87.9 Å². The lowest BCUT2D eigenvalue weighted by Crippen LogP contribution is -2.35. The summed E-state index contributed by atoms with van der Waals surface area (Å²) >= 11 is 0. The highest BCUT2D eigenvalue weighted by atomic mass is 15.5. The minimum atomic E-state index is 0.439. The molecule has 4 aromatic heterocycles. The molecule has 5 rings (SSSR count). The molecule has 1 fully saturated rings. The predicted molar refractivity (Wildman–Crippen MR) is 88.9 cm³/mol. The molecular weight excluding hydrogens is 304 g/mol. The van der Waals surface area contributed by atoms with Crippen molar-refractivity contribution in [1.29, 1.82) is 0 Å². The van der Waals surface area contributed by atoms with Gasteiger partial charge in [-0.1, -0.05) is 0 Å². The molecule has 0 aliphatic carbocycles. The van der Waals surface area contributed by atoms with Crippen LogP contribution in [-0.2, 0) is 0 Å². The molecule has 0 radical (unpaired) electrons. The molecule has 4 aromatic rings. The number of nitrogens with zero attached hydrogens (tertiary/aromatic N) is 7. The van der Waals surface area contributed by atoms with Crippen LogP contribution in [0.4, 0.5) is 5.82 Å². The van der Waals surface area contributed by atoms with Crippen LogP contribution in [0.25, 0.3) is 16.7 Å². The molecule has 0 saturated carbocycles. The molecular formula is C16H16N8. The Morgan fingerprint density at radius 2 is 2.21 bits per heavy atom. The molecule has 24 heavy (non-hydrogen) atoms. The molecule has 0 aromatic carbocycles. The highest BCUT2D eigenvalue weighted by molar-refractivity contribution is 5.80. The van der Waals surface area contributed by atoms with E-state index in [1.54, 1.807) is 16.9 Å². The van der Waals surface area contributed by atoms with Crippen molar-refractivity contribution < 1.29 is 0 Å². The largest absolute Gasteiger partial charge is 0.353 e. The Kier molecular flexibility index (Phi) is 2.94. The maximum atomic E-state index is 4.52. The summed E-state index contributed by atoms with van der Waals surface area (Å²) in [5.74, 6) is 1.29. The molecule has 1 unspecified atom stereocenters. The number of rotatable bonds is 2. The first-order valence-electron chi connectivity index (χ1n) is 8.10. The smallest absolute Gasteiger partial charge is 0.221 e. The van der Waals surface area contributed by atoms with Crippen LogP contribution >= 0.6 is 0 Å². The van der Waals surface area contributed by atoms with Gasteiger partial charge in [0.1, 0.15) is 5.65 Å². The Balaban J connectivity index is 1.51. The monoisotopic (exact) mass is 320 g/mol. The summed E-state index contributed by atoms with van der Waals surface area (Å²) in [4.78, 5) is 14.5. The maximum absolute atomic E-state index is 4.52. The first-order valence-corrected chi connectivity index (χ1v) is 8.10. The zero-order valence-corrected chi connectivity index (χ0v) is 13.0. The fraction of sp³-hybridized carbons (Fsp3) is 0.312. The number of pyridine rings is 1. The van der Waals surface area contributed by atoms with Crippen molar-refractivity contribution in [3.63, 3.8) is 0 Å². The molecule has 1 saturated heterocycles. The summed E-state index contributed by atoms with van der Waals surface area (Å²) in [6, 6.07) is 4.12. The summed E-state index contributed by atoms with van der Waals surface area (Å²) < 4.78 is 1.67. The van der Waals surface area contributed by atoms with Crippen molar-refractivity contribution in [1.82, 2.24) is 35.0 Å². The summed E-state index contributed by atoms with van der Waals surface area (Å²) in [6.45, 7) is 1.87. The van der Waals surface area contributed by atoms with E-state index in [2.05, 4.69) is 47.6 Å². The molecule has 5 heterocycles. The van der Waals surface area contributed by atoms with Crippen molar-refractivity contribution in [2.24, 2.45) is 0 Å². The number of hydrogen-bond acceptors (Lipinski definition) is 6. The van der Waals surface area contributed by atoms with Crippen LogP contribution in [0.15, 0.2) is 36.9 Å². The number of hydrogen-bond donors (Lipinski definition) is 1. The molecule has 8 nitrogen and oxygen atoms in total. The van der Waals surface area contributed by atoms with Gasteiger partial charge in [0.05, 0.1) is 6.20 Å². The van der Waals surface area contributed by atoms with Gasteiger partial charge in [0.2, 0.25) is 5.65 Å². The van der Waals surface area contributed by atoms with E-state index in [9.17, 15) is 0 Å². The zero-order chi connectivity index (χ0) is 15.9. The third-order valence-corrected chi connectivity index (χ3v) is 4.74. The SMILES string of the molecule is c1cnc2[nH]cc(C3CCCN(c4nccn5nnnc45)C3)c2c1. The van der Waals surface area contributed by atoms with E-state index >= 15 is 0 Å². The van der Waals surface area contributed by atoms with Gasteiger partial charge in [0, 0.05) is 43.0 Å². The molecule has 0 amide bonds. The van der Waals surface area contributed by atoms with Crippen LogP contribution < -0.4 is 4.90 Å². The summed E-state index contributed by atoms with van der Waals surface area (Å²) in [7, 11) is 0. The van der Waals surface area contributed by atoms with Crippen molar-refractivity contribution >= 4 is 22.5 Å². The number of aromatic amines is 1. The molecule has 1 aliphatic rings. The van der Waals surface area contributed by atoms with E-state index in [-0.39, 0.29) is 0 Å². The first-order chi connectivity index (χ1) is 11.9. The van der Waals surface area contributed by atoms with Crippen molar-refractivity contribution in [3.05, 3.63) is 42.5 Å². The summed E-state index contributed by atoms with van der Waals surface area (Å²) in [5.41, 5.74) is 2.99. The number of nitrogens with one attached hydrogen (secondary N) is 1. The summed E-state index contributed by atoms with van der Waals surface area (Å²) in [6.07, 6.45) is 9.70. The van der Waals surface area contributed by atoms with Gasteiger partial charge in [-0.2, -0.15) is 4.52 Å². The van der Waals surface area contributed by atoms with Gasteiger partial charge < -0.3 is 9.88 Å². The van der Waals surface area contributed by atoms with E-state index in [4.69, 9.17) is 0 Å². The van der Waals surface area contributed by atoms with E-state index in [0.717, 1.165) is 37.4 Å². The Morgan fingerprint density at radius 1 is 1.21 bits per heavy atom. The van der Waals surface area contributed by atoms with Crippen LogP contribution in [0.1, 0.15) is 24.3 Å². The fourth-order valence-electron chi connectivity index (χ4n) is 3.63. The second-order valence-electron chi connectivity index (χ2n) is 6.13. The Labute approximate surface area is 137 Å². The normalized spacial score (nSPS) is 18.5. The second-order valence-corrected chi connectivity index (χ2v) is 6.13. The van der Waals surface area contributed by atoms with Crippen LogP contribution in [0.2, 0.25) is 0 Å². The first kappa shape index (κ1) is 13.4. The number of fused-ring (bicyclic) bond motifs is 2. The molecule has 1 atom stereocenters. The minimum absolute atomic E-state index is 0.439. The number of aromatic nitrogens is 7. The predicted octanol–water partition coefficient (Wildman–Crippen LogP) is 1.78. The Morgan fingerprint density at radius 3 is 3.21 bits per heavy atom. The molecule has 1 aliphatic heterocycles. The average Bonchev–Trinajstić information content (AvgIpc) is 3.28. The second kappa shape index (κ2) is 5.26. The molecule has 120 valence electrons. The van der Waals surface area contributed by atoms with Gasteiger partial charge in [-0.25, -0.2) is 9.97 Å². The van der Waals surface area contributed by atoms with Gasteiger partial charge >= 0.3 is 0 Å². The lowest BCUT2D eigenvalue weighted by Gasteiger charge is -2.33. The average molecular weight is 320 g/mol. The highest BCUT2D eigenvalue weighted by Gasteiger charge is 2.26. The Hall–Kier alpha value is -3.03. The van der Waals surface area contributed by atoms with Gasteiger partial charge in [0.25, 0.3) is 0 Å². The number of piperidine rings is 1. The number of tetrazole rings is 1. The van der Waals surface area contributed by atoms with Crippen molar-refractivity contribution in [2.75, 3.05) is 18.0 Å². The van der Waals surface area contributed by atoms with Gasteiger partial charge in [0.15, 0.2) is 5.82 Å². The van der Waals surface area contributed by atoms with Crippen LogP contribution in [0, 0.1) is 0 Å². The van der Waals surface area contributed by atoms with Crippen LogP contribution in [0.3, 0.4) is 0 Å².